The van der Waals surface area contributed by atoms with Crippen LogP contribution >= 0.6 is 11.8 Å². The second kappa shape index (κ2) is 7.35. The number of rotatable bonds is 5. The summed E-state index contributed by atoms with van der Waals surface area (Å²) in [7, 11) is 0. The van der Waals surface area contributed by atoms with Gasteiger partial charge in [0.2, 0.25) is 0 Å². The Kier molecular flexibility index (Phi) is 5.80. The number of carbonyl (C=O) groups is 1. The summed E-state index contributed by atoms with van der Waals surface area (Å²) >= 11 is 1.36. The maximum absolute atomic E-state index is 12.9. The van der Waals surface area contributed by atoms with Crippen molar-refractivity contribution in [2.24, 2.45) is 0 Å². The molecule has 140 valence electrons. The highest BCUT2D eigenvalue weighted by Crippen LogP contribution is 2.39. The monoisotopic (exact) mass is 387 g/mol. The largest absolute Gasteiger partial charge is 0.481 e. The number of benzene rings is 1. The summed E-state index contributed by atoms with van der Waals surface area (Å²) in [6, 6.07) is 1.55. The van der Waals surface area contributed by atoms with E-state index in [9.17, 15) is 31.1 Å². The molecule has 10 heteroatoms. The molecule has 1 aromatic carbocycles. The molecule has 1 saturated heterocycles. The van der Waals surface area contributed by atoms with Crippen LogP contribution in [-0.4, -0.2) is 35.2 Å². The molecule has 1 N–H and O–H groups in total. The van der Waals surface area contributed by atoms with Crippen LogP contribution in [0.25, 0.3) is 0 Å². The minimum atomic E-state index is -4.87. The van der Waals surface area contributed by atoms with E-state index in [0.29, 0.717) is 18.7 Å². The van der Waals surface area contributed by atoms with Gasteiger partial charge in [-0.15, -0.1) is 0 Å². The summed E-state index contributed by atoms with van der Waals surface area (Å²) < 4.78 is 77.4. The predicted molar refractivity (Wildman–Crippen MR) is 81.8 cm³/mol. The minimum absolute atomic E-state index is 0.0248. The molecular formula is C15H15F6NO2S. The number of nitrogens with zero attached hydrogens (tertiary/aromatic N) is 1. The molecule has 1 unspecified atom stereocenters. The van der Waals surface area contributed by atoms with E-state index in [4.69, 9.17) is 5.11 Å². The average molecular weight is 387 g/mol. The molecule has 0 spiro atoms. The lowest BCUT2D eigenvalue weighted by Gasteiger charge is -2.22. The Morgan fingerprint density at radius 1 is 1.12 bits per heavy atom. The first-order chi connectivity index (χ1) is 11.5. The van der Waals surface area contributed by atoms with Crippen molar-refractivity contribution in [3.63, 3.8) is 0 Å². The van der Waals surface area contributed by atoms with Gasteiger partial charge in [0, 0.05) is 29.8 Å². The molecule has 2 rings (SSSR count). The first-order valence-electron chi connectivity index (χ1n) is 7.34. The van der Waals surface area contributed by atoms with Crippen LogP contribution < -0.4 is 4.90 Å². The lowest BCUT2D eigenvalue weighted by molar-refractivity contribution is -0.143. The van der Waals surface area contributed by atoms with Crippen molar-refractivity contribution in [2.75, 3.05) is 23.7 Å². The van der Waals surface area contributed by atoms with Crippen LogP contribution in [0.1, 0.15) is 24.0 Å². The molecule has 1 atom stereocenters. The summed E-state index contributed by atoms with van der Waals surface area (Å²) in [5.41, 5.74) is -2.79. The fourth-order valence-electron chi connectivity index (χ4n) is 2.53. The lowest BCUT2D eigenvalue weighted by Crippen LogP contribution is -2.22. The fraction of sp³-hybridized carbons (Fsp3) is 0.533. The van der Waals surface area contributed by atoms with E-state index in [0.717, 1.165) is 12.1 Å². The first-order valence-corrected chi connectivity index (χ1v) is 8.39. The highest BCUT2D eigenvalue weighted by atomic mass is 32.2. The van der Waals surface area contributed by atoms with Crippen LogP contribution in [0.3, 0.4) is 0 Å². The second-order valence-corrected chi connectivity index (χ2v) is 7.04. The number of hydrogen-bond acceptors (Lipinski definition) is 3. The second-order valence-electron chi connectivity index (χ2n) is 5.64. The Labute approximate surface area is 144 Å². The molecule has 0 bridgehead atoms. The zero-order valence-corrected chi connectivity index (χ0v) is 13.6. The normalized spacial score (nSPS) is 18.6. The van der Waals surface area contributed by atoms with Crippen LogP contribution in [0, 0.1) is 0 Å². The molecular weight excluding hydrogens is 372 g/mol. The third kappa shape index (κ3) is 5.45. The zero-order valence-electron chi connectivity index (χ0n) is 12.8. The van der Waals surface area contributed by atoms with E-state index in [1.165, 1.54) is 16.7 Å². The van der Waals surface area contributed by atoms with Crippen molar-refractivity contribution in [3.8, 4) is 0 Å². The number of alkyl halides is 6. The Morgan fingerprint density at radius 2 is 1.68 bits per heavy atom. The molecule has 1 fully saturated rings. The number of carboxylic acid groups (broad SMARTS) is 1. The number of thioether (sulfide) groups is 1. The SMILES string of the molecule is O=C(O)CCSC1CCN(c2cc(C(F)(F)F)cc(C(F)(F)F)c2)C1. The topological polar surface area (TPSA) is 40.5 Å². The van der Waals surface area contributed by atoms with Crippen LogP contribution in [0.15, 0.2) is 18.2 Å². The smallest absolute Gasteiger partial charge is 0.416 e. The molecule has 0 amide bonds. The van der Waals surface area contributed by atoms with Crippen molar-refractivity contribution in [3.05, 3.63) is 29.3 Å². The van der Waals surface area contributed by atoms with Crippen LogP contribution in [0.4, 0.5) is 32.0 Å². The molecule has 25 heavy (non-hydrogen) atoms. The van der Waals surface area contributed by atoms with E-state index >= 15 is 0 Å². The van der Waals surface area contributed by atoms with Crippen LogP contribution in [0.2, 0.25) is 0 Å². The molecule has 1 heterocycles. The Balaban J connectivity index is 2.17. The van der Waals surface area contributed by atoms with Crippen molar-refractivity contribution in [2.45, 2.75) is 30.4 Å². The van der Waals surface area contributed by atoms with Gasteiger partial charge in [-0.25, -0.2) is 0 Å². The van der Waals surface area contributed by atoms with E-state index in [1.807, 2.05) is 0 Å². The van der Waals surface area contributed by atoms with Gasteiger partial charge in [0.15, 0.2) is 0 Å². The van der Waals surface area contributed by atoms with Crippen LogP contribution in [0.5, 0.6) is 0 Å². The van der Waals surface area contributed by atoms with E-state index < -0.39 is 29.4 Å². The number of anilines is 1. The Bertz CT molecular complexity index is 599. The standard InChI is InChI=1S/C15H15F6NO2S/c16-14(17,18)9-5-10(15(19,20)21)7-11(6-9)22-3-1-12(8-22)25-4-2-13(23)24/h5-7,12H,1-4,8H2,(H,23,24). The van der Waals surface area contributed by atoms with Crippen molar-refractivity contribution in [1.82, 2.24) is 0 Å². The van der Waals surface area contributed by atoms with Gasteiger partial charge < -0.3 is 10.0 Å². The fourth-order valence-corrected chi connectivity index (χ4v) is 3.72. The third-order valence-corrected chi connectivity index (χ3v) is 5.05. The maximum atomic E-state index is 12.9. The first kappa shape index (κ1) is 19.7. The Hall–Kier alpha value is -1.58. The molecule has 3 nitrogen and oxygen atoms in total. The number of carboxylic acids is 1. The number of hydrogen-bond donors (Lipinski definition) is 1. The highest BCUT2D eigenvalue weighted by Gasteiger charge is 2.38. The van der Waals surface area contributed by atoms with E-state index in [2.05, 4.69) is 0 Å². The van der Waals surface area contributed by atoms with Gasteiger partial charge in [0.25, 0.3) is 0 Å². The molecule has 0 aliphatic carbocycles. The van der Waals surface area contributed by atoms with Gasteiger partial charge in [-0.3, -0.25) is 4.79 Å². The van der Waals surface area contributed by atoms with Crippen molar-refractivity contribution < 1.29 is 36.2 Å². The maximum Gasteiger partial charge on any atom is 0.416 e. The number of aliphatic carboxylic acids is 1. The van der Waals surface area contributed by atoms with Gasteiger partial charge >= 0.3 is 18.3 Å². The Morgan fingerprint density at radius 3 is 2.16 bits per heavy atom. The molecule has 1 aliphatic heterocycles. The average Bonchev–Trinajstić information content (AvgIpc) is 2.93. The van der Waals surface area contributed by atoms with Gasteiger partial charge in [0.1, 0.15) is 0 Å². The molecule has 1 aliphatic rings. The van der Waals surface area contributed by atoms with Crippen LogP contribution in [-0.2, 0) is 17.1 Å². The van der Waals surface area contributed by atoms with Crippen molar-refractivity contribution in [1.29, 1.82) is 0 Å². The molecule has 1 aromatic rings. The molecule has 0 aromatic heterocycles. The summed E-state index contributed by atoms with van der Waals surface area (Å²) in [6.45, 7) is 0.603. The van der Waals surface area contributed by atoms with Gasteiger partial charge in [-0.2, -0.15) is 38.1 Å². The summed E-state index contributed by atoms with van der Waals surface area (Å²) in [6.07, 6.45) is -9.21. The van der Waals surface area contributed by atoms with Gasteiger partial charge in [-0.05, 0) is 24.6 Å². The lowest BCUT2D eigenvalue weighted by atomic mass is 10.1. The summed E-state index contributed by atoms with van der Waals surface area (Å²) in [5.74, 6) is -0.598. The summed E-state index contributed by atoms with van der Waals surface area (Å²) in [4.78, 5) is 12.0. The predicted octanol–water partition coefficient (Wildman–Crippen LogP) is 4.51. The highest BCUT2D eigenvalue weighted by molar-refractivity contribution is 7.99. The number of halogens is 6. The minimum Gasteiger partial charge on any atom is -0.481 e. The molecule has 0 radical (unpaired) electrons. The van der Waals surface area contributed by atoms with Gasteiger partial charge in [0.05, 0.1) is 17.5 Å². The third-order valence-electron chi connectivity index (χ3n) is 3.75. The quantitative estimate of drug-likeness (QED) is 0.755. The zero-order chi connectivity index (χ0) is 18.8. The summed E-state index contributed by atoms with van der Waals surface area (Å²) in [5, 5.41) is 8.57. The van der Waals surface area contributed by atoms with E-state index in [-0.39, 0.29) is 30.0 Å². The van der Waals surface area contributed by atoms with Gasteiger partial charge in [-0.1, -0.05) is 0 Å². The van der Waals surface area contributed by atoms with E-state index in [1.54, 1.807) is 0 Å². The van der Waals surface area contributed by atoms with Crippen molar-refractivity contribution >= 4 is 23.4 Å². The molecule has 0 saturated carbocycles.